The van der Waals surface area contributed by atoms with E-state index in [1.807, 2.05) is 0 Å². The molecule has 0 bridgehead atoms. The van der Waals surface area contributed by atoms with Crippen molar-refractivity contribution >= 4 is 23.3 Å². The summed E-state index contributed by atoms with van der Waals surface area (Å²) in [4.78, 5) is 22.2. The second kappa shape index (κ2) is 6.71. The Hall–Kier alpha value is -2.89. The third kappa shape index (κ3) is 4.05. The minimum atomic E-state index is -1.12. The van der Waals surface area contributed by atoms with Gasteiger partial charge in [0.1, 0.15) is 12.4 Å². The van der Waals surface area contributed by atoms with E-state index < -0.39 is 18.4 Å². The van der Waals surface area contributed by atoms with Crippen LogP contribution in [0.1, 0.15) is 15.9 Å². The number of carbonyl (C=O) groups is 2. The second-order valence-corrected chi connectivity index (χ2v) is 4.77. The van der Waals surface area contributed by atoms with E-state index in [1.54, 1.807) is 37.3 Å². The molecular formula is C16H15FN2O3. The van der Waals surface area contributed by atoms with E-state index in [1.165, 1.54) is 12.1 Å². The van der Waals surface area contributed by atoms with Crippen LogP contribution in [0.3, 0.4) is 0 Å². The summed E-state index contributed by atoms with van der Waals surface area (Å²) < 4.78 is 13.8. The average Bonchev–Trinajstić information content (AvgIpc) is 2.48. The maximum absolute atomic E-state index is 13.8. The van der Waals surface area contributed by atoms with E-state index in [2.05, 4.69) is 10.6 Å². The number of nitrogens with one attached hydrogen (secondary N) is 2. The van der Waals surface area contributed by atoms with Gasteiger partial charge in [0.25, 0.3) is 5.91 Å². The van der Waals surface area contributed by atoms with Crippen LogP contribution in [0.2, 0.25) is 0 Å². The van der Waals surface area contributed by atoms with Crippen LogP contribution in [-0.2, 0) is 4.79 Å². The largest absolute Gasteiger partial charge is 0.480 e. The number of rotatable bonds is 5. The number of halogens is 1. The summed E-state index contributed by atoms with van der Waals surface area (Å²) in [6.45, 7) is 1.34. The van der Waals surface area contributed by atoms with Crippen LogP contribution in [0.5, 0.6) is 0 Å². The Morgan fingerprint density at radius 3 is 2.64 bits per heavy atom. The minimum Gasteiger partial charge on any atom is -0.480 e. The molecule has 0 fully saturated rings. The van der Waals surface area contributed by atoms with Crippen LogP contribution in [0.4, 0.5) is 15.8 Å². The number of amides is 1. The summed E-state index contributed by atoms with van der Waals surface area (Å²) >= 11 is 0. The minimum absolute atomic E-state index is 0.291. The quantitative estimate of drug-likeness (QED) is 0.793. The highest BCUT2D eigenvalue weighted by atomic mass is 19.1. The zero-order valence-corrected chi connectivity index (χ0v) is 11.9. The lowest BCUT2D eigenvalue weighted by Crippen LogP contribution is -2.29. The number of carboxylic acid groups (broad SMARTS) is 1. The third-order valence-electron chi connectivity index (χ3n) is 2.93. The lowest BCUT2D eigenvalue weighted by molar-refractivity contribution is -0.135. The monoisotopic (exact) mass is 302 g/mol. The first kappa shape index (κ1) is 15.5. The smallest absolute Gasteiger partial charge is 0.322 e. The fourth-order valence-electron chi connectivity index (χ4n) is 1.87. The van der Waals surface area contributed by atoms with Gasteiger partial charge in [0.15, 0.2) is 0 Å². The Morgan fingerprint density at radius 2 is 1.95 bits per heavy atom. The molecule has 2 rings (SSSR count). The van der Waals surface area contributed by atoms with Gasteiger partial charge < -0.3 is 15.7 Å². The van der Waals surface area contributed by atoms with Crippen LogP contribution >= 0.6 is 0 Å². The molecule has 22 heavy (non-hydrogen) atoms. The Bertz CT molecular complexity index is 716. The van der Waals surface area contributed by atoms with E-state index in [0.29, 0.717) is 16.9 Å². The summed E-state index contributed by atoms with van der Waals surface area (Å²) in [5, 5.41) is 13.7. The summed E-state index contributed by atoms with van der Waals surface area (Å²) in [6.07, 6.45) is 0. The molecule has 5 nitrogen and oxygen atoms in total. The molecule has 0 saturated carbocycles. The molecule has 2 aromatic rings. The van der Waals surface area contributed by atoms with Crippen molar-refractivity contribution in [2.24, 2.45) is 0 Å². The van der Waals surface area contributed by atoms with Crippen LogP contribution in [0.15, 0.2) is 42.5 Å². The van der Waals surface area contributed by atoms with Gasteiger partial charge in [-0.05, 0) is 42.8 Å². The van der Waals surface area contributed by atoms with Gasteiger partial charge >= 0.3 is 5.97 Å². The van der Waals surface area contributed by atoms with Crippen molar-refractivity contribution < 1.29 is 19.1 Å². The Kier molecular flexibility index (Phi) is 4.73. The highest BCUT2D eigenvalue weighted by molar-refractivity contribution is 5.96. The van der Waals surface area contributed by atoms with Crippen molar-refractivity contribution in [3.63, 3.8) is 0 Å². The van der Waals surface area contributed by atoms with Crippen molar-refractivity contribution in [2.45, 2.75) is 6.92 Å². The van der Waals surface area contributed by atoms with E-state index in [-0.39, 0.29) is 5.82 Å². The molecule has 0 spiro atoms. The van der Waals surface area contributed by atoms with Crippen molar-refractivity contribution in [1.82, 2.24) is 5.32 Å². The van der Waals surface area contributed by atoms with Crippen LogP contribution < -0.4 is 10.6 Å². The van der Waals surface area contributed by atoms with E-state index in [0.717, 1.165) is 5.56 Å². The first-order valence-corrected chi connectivity index (χ1v) is 6.59. The Labute approximate surface area is 126 Å². The van der Waals surface area contributed by atoms with Crippen molar-refractivity contribution in [3.8, 4) is 0 Å². The number of carboxylic acids is 1. The first-order valence-electron chi connectivity index (χ1n) is 6.59. The SMILES string of the molecule is Cc1ccc(Nc2cccc(C(=O)NCC(=O)O)c2)c(F)c1. The van der Waals surface area contributed by atoms with Crippen molar-refractivity contribution in [3.05, 3.63) is 59.4 Å². The number of anilines is 2. The first-order chi connectivity index (χ1) is 10.5. The lowest BCUT2D eigenvalue weighted by atomic mass is 10.1. The highest BCUT2D eigenvalue weighted by Gasteiger charge is 2.08. The van der Waals surface area contributed by atoms with Gasteiger partial charge in [-0.2, -0.15) is 0 Å². The fourth-order valence-corrected chi connectivity index (χ4v) is 1.87. The normalized spacial score (nSPS) is 10.1. The van der Waals surface area contributed by atoms with Gasteiger partial charge in [0.2, 0.25) is 0 Å². The molecule has 2 aromatic carbocycles. The molecule has 0 heterocycles. The molecular weight excluding hydrogens is 287 g/mol. The number of hydrogen-bond acceptors (Lipinski definition) is 3. The maximum Gasteiger partial charge on any atom is 0.322 e. The van der Waals surface area contributed by atoms with E-state index >= 15 is 0 Å². The van der Waals surface area contributed by atoms with E-state index in [9.17, 15) is 14.0 Å². The van der Waals surface area contributed by atoms with Gasteiger partial charge in [-0.1, -0.05) is 12.1 Å². The summed E-state index contributed by atoms with van der Waals surface area (Å²) in [7, 11) is 0. The zero-order valence-electron chi connectivity index (χ0n) is 11.9. The molecule has 0 aliphatic heterocycles. The second-order valence-electron chi connectivity index (χ2n) is 4.77. The number of aliphatic carboxylic acids is 1. The van der Waals surface area contributed by atoms with Gasteiger partial charge in [-0.25, -0.2) is 4.39 Å². The van der Waals surface area contributed by atoms with E-state index in [4.69, 9.17) is 5.11 Å². The van der Waals surface area contributed by atoms with Gasteiger partial charge in [-0.3, -0.25) is 9.59 Å². The Morgan fingerprint density at radius 1 is 1.18 bits per heavy atom. The number of aryl methyl sites for hydroxylation is 1. The fraction of sp³-hybridized carbons (Fsp3) is 0.125. The molecule has 1 amide bonds. The van der Waals surface area contributed by atoms with Crippen molar-refractivity contribution in [1.29, 1.82) is 0 Å². The number of benzene rings is 2. The molecule has 0 aliphatic carbocycles. The van der Waals surface area contributed by atoms with Crippen LogP contribution in [0, 0.1) is 12.7 Å². The lowest BCUT2D eigenvalue weighted by Gasteiger charge is -2.10. The number of carbonyl (C=O) groups excluding carboxylic acids is 1. The van der Waals surface area contributed by atoms with Gasteiger partial charge in [0, 0.05) is 11.3 Å². The standard InChI is InChI=1S/C16H15FN2O3/c1-10-5-6-14(13(17)7-10)19-12-4-2-3-11(8-12)16(22)18-9-15(20)21/h2-8,19H,9H2,1H3,(H,18,22)(H,20,21). The molecule has 0 saturated heterocycles. The van der Waals surface area contributed by atoms with Crippen LogP contribution in [0.25, 0.3) is 0 Å². The van der Waals surface area contributed by atoms with Crippen LogP contribution in [-0.4, -0.2) is 23.5 Å². The molecule has 0 unspecified atom stereocenters. The average molecular weight is 302 g/mol. The predicted octanol–water partition coefficient (Wildman–Crippen LogP) is 2.69. The summed E-state index contributed by atoms with van der Waals surface area (Å²) in [5.74, 6) is -2.01. The Balaban J connectivity index is 2.14. The molecule has 6 heteroatoms. The third-order valence-corrected chi connectivity index (χ3v) is 2.93. The number of hydrogen-bond donors (Lipinski definition) is 3. The molecule has 0 aromatic heterocycles. The molecule has 3 N–H and O–H groups in total. The predicted molar refractivity (Wildman–Crippen MR) is 80.8 cm³/mol. The van der Waals surface area contributed by atoms with Gasteiger partial charge in [0.05, 0.1) is 5.69 Å². The highest BCUT2D eigenvalue weighted by Crippen LogP contribution is 2.21. The van der Waals surface area contributed by atoms with Crippen molar-refractivity contribution in [2.75, 3.05) is 11.9 Å². The summed E-state index contributed by atoms with van der Waals surface area (Å²) in [6, 6.07) is 11.2. The molecule has 0 aliphatic rings. The molecule has 0 radical (unpaired) electrons. The summed E-state index contributed by atoms with van der Waals surface area (Å²) in [5.41, 5.74) is 1.93. The topological polar surface area (TPSA) is 78.4 Å². The molecule has 0 atom stereocenters. The van der Waals surface area contributed by atoms with Gasteiger partial charge in [-0.15, -0.1) is 0 Å². The molecule has 114 valence electrons. The zero-order chi connectivity index (χ0) is 16.1. The maximum atomic E-state index is 13.8.